The van der Waals surface area contributed by atoms with Gasteiger partial charge in [-0.3, -0.25) is 0 Å². The third-order valence-electron chi connectivity index (χ3n) is 4.07. The maximum atomic E-state index is 5.97. The third-order valence-corrected chi connectivity index (χ3v) is 4.80. The number of rotatable bonds is 6. The molecular weight excluding hydrogens is 302 g/mol. The number of hydrogen-bond donors (Lipinski definition) is 1. The van der Waals surface area contributed by atoms with Crippen LogP contribution in [0.3, 0.4) is 0 Å². The van der Waals surface area contributed by atoms with Crippen molar-refractivity contribution in [1.29, 1.82) is 0 Å². The lowest BCUT2D eigenvalue weighted by atomic mass is 10.1. The van der Waals surface area contributed by atoms with Gasteiger partial charge in [-0.1, -0.05) is 40.9 Å². The molecule has 2 fully saturated rings. The molecule has 0 bridgehead atoms. The van der Waals surface area contributed by atoms with Gasteiger partial charge >= 0.3 is 0 Å². The predicted molar refractivity (Wildman–Crippen MR) is 81.0 cm³/mol. The molecule has 0 saturated heterocycles. The van der Waals surface area contributed by atoms with Crippen molar-refractivity contribution < 1.29 is 4.74 Å². The zero-order valence-corrected chi connectivity index (χ0v) is 12.9. The van der Waals surface area contributed by atoms with E-state index in [0.29, 0.717) is 6.10 Å². The van der Waals surface area contributed by atoms with Crippen LogP contribution in [0.4, 0.5) is 0 Å². The molecule has 19 heavy (non-hydrogen) atoms. The molecule has 0 aliphatic heterocycles. The fraction of sp³-hybridized carbons (Fsp3) is 0.625. The van der Waals surface area contributed by atoms with Gasteiger partial charge in [0.05, 0.1) is 12.7 Å². The molecule has 0 spiro atoms. The van der Waals surface area contributed by atoms with Gasteiger partial charge in [0.15, 0.2) is 0 Å². The number of benzene rings is 1. The molecule has 1 aromatic carbocycles. The van der Waals surface area contributed by atoms with E-state index in [1.807, 2.05) is 0 Å². The standard InChI is InChI=1S/C16H22BrNO/c17-16-9-12(10-18-14-7-8-14)5-6-13(16)11-19-15-3-1-2-4-15/h5-6,9,14-15,18H,1-4,7-8,10-11H2. The van der Waals surface area contributed by atoms with Crippen LogP contribution >= 0.6 is 15.9 Å². The Bertz CT molecular complexity index is 425. The molecule has 1 aromatic rings. The van der Waals surface area contributed by atoms with Crippen molar-refractivity contribution in [2.45, 2.75) is 63.8 Å². The molecule has 3 rings (SSSR count). The van der Waals surface area contributed by atoms with Crippen LogP contribution in [0.15, 0.2) is 22.7 Å². The Morgan fingerprint density at radius 1 is 1.16 bits per heavy atom. The number of halogens is 1. The SMILES string of the molecule is Brc1cc(CNC2CC2)ccc1COC1CCCC1. The highest BCUT2D eigenvalue weighted by Gasteiger charge is 2.20. The van der Waals surface area contributed by atoms with Crippen molar-refractivity contribution in [2.75, 3.05) is 0 Å². The topological polar surface area (TPSA) is 21.3 Å². The molecule has 0 heterocycles. The van der Waals surface area contributed by atoms with E-state index in [2.05, 4.69) is 39.4 Å². The first-order valence-electron chi connectivity index (χ1n) is 7.43. The van der Waals surface area contributed by atoms with Crippen molar-refractivity contribution in [3.8, 4) is 0 Å². The zero-order valence-electron chi connectivity index (χ0n) is 11.3. The van der Waals surface area contributed by atoms with Crippen molar-refractivity contribution in [1.82, 2.24) is 5.32 Å². The second-order valence-corrected chi connectivity index (χ2v) is 6.65. The molecule has 0 amide bonds. The Labute approximate surface area is 124 Å². The number of ether oxygens (including phenoxy) is 1. The summed E-state index contributed by atoms with van der Waals surface area (Å²) in [5.41, 5.74) is 2.62. The lowest BCUT2D eigenvalue weighted by Crippen LogP contribution is -2.15. The zero-order chi connectivity index (χ0) is 13.1. The van der Waals surface area contributed by atoms with Crippen LogP contribution in [0.1, 0.15) is 49.7 Å². The summed E-state index contributed by atoms with van der Waals surface area (Å²) in [6.07, 6.45) is 8.31. The molecule has 2 saturated carbocycles. The van der Waals surface area contributed by atoms with Crippen LogP contribution in [0.5, 0.6) is 0 Å². The van der Waals surface area contributed by atoms with Gasteiger partial charge in [0.25, 0.3) is 0 Å². The van der Waals surface area contributed by atoms with Gasteiger partial charge in [-0.25, -0.2) is 0 Å². The van der Waals surface area contributed by atoms with Gasteiger partial charge in [0.1, 0.15) is 0 Å². The second kappa shape index (κ2) is 6.38. The van der Waals surface area contributed by atoms with Crippen LogP contribution in [-0.2, 0) is 17.9 Å². The van der Waals surface area contributed by atoms with Crippen LogP contribution in [0, 0.1) is 0 Å². The molecule has 2 aliphatic carbocycles. The third kappa shape index (κ3) is 4.04. The Balaban J connectivity index is 1.52. The first-order valence-corrected chi connectivity index (χ1v) is 8.23. The summed E-state index contributed by atoms with van der Waals surface area (Å²) in [6.45, 7) is 1.72. The largest absolute Gasteiger partial charge is 0.374 e. The highest BCUT2D eigenvalue weighted by molar-refractivity contribution is 9.10. The number of hydrogen-bond acceptors (Lipinski definition) is 2. The van der Waals surface area contributed by atoms with E-state index in [0.717, 1.165) is 19.2 Å². The molecular formula is C16H22BrNO. The normalized spacial score (nSPS) is 20.1. The summed E-state index contributed by atoms with van der Waals surface area (Å²) in [5.74, 6) is 0. The van der Waals surface area contributed by atoms with Gasteiger partial charge in [-0.15, -0.1) is 0 Å². The van der Waals surface area contributed by atoms with E-state index >= 15 is 0 Å². The van der Waals surface area contributed by atoms with Gasteiger partial charge in [0.2, 0.25) is 0 Å². The van der Waals surface area contributed by atoms with Crippen molar-refractivity contribution in [3.05, 3.63) is 33.8 Å². The van der Waals surface area contributed by atoms with Crippen LogP contribution in [-0.4, -0.2) is 12.1 Å². The van der Waals surface area contributed by atoms with Crippen LogP contribution < -0.4 is 5.32 Å². The Hall–Kier alpha value is -0.380. The lowest BCUT2D eigenvalue weighted by Gasteiger charge is -2.13. The predicted octanol–water partition coefficient (Wildman–Crippen LogP) is 4.16. The van der Waals surface area contributed by atoms with Crippen LogP contribution in [0.25, 0.3) is 0 Å². The van der Waals surface area contributed by atoms with Crippen molar-refractivity contribution in [2.24, 2.45) is 0 Å². The maximum Gasteiger partial charge on any atom is 0.0731 e. The molecule has 2 nitrogen and oxygen atoms in total. The maximum absolute atomic E-state index is 5.97. The Morgan fingerprint density at radius 3 is 2.63 bits per heavy atom. The molecule has 0 unspecified atom stereocenters. The second-order valence-electron chi connectivity index (χ2n) is 5.80. The average molecular weight is 324 g/mol. The van der Waals surface area contributed by atoms with Crippen LogP contribution in [0.2, 0.25) is 0 Å². The van der Waals surface area contributed by atoms with E-state index < -0.39 is 0 Å². The van der Waals surface area contributed by atoms with Gasteiger partial charge in [-0.2, -0.15) is 0 Å². The average Bonchev–Trinajstić information content (AvgIpc) is 3.10. The summed E-state index contributed by atoms with van der Waals surface area (Å²) >= 11 is 3.67. The smallest absolute Gasteiger partial charge is 0.0731 e. The minimum atomic E-state index is 0.489. The summed E-state index contributed by atoms with van der Waals surface area (Å²) in [5, 5.41) is 3.54. The van der Waals surface area contributed by atoms with E-state index in [1.165, 1.54) is 54.1 Å². The van der Waals surface area contributed by atoms with Gasteiger partial charge in [-0.05, 0) is 42.9 Å². The van der Waals surface area contributed by atoms with E-state index in [-0.39, 0.29) is 0 Å². The summed E-state index contributed by atoms with van der Waals surface area (Å²) in [4.78, 5) is 0. The molecule has 104 valence electrons. The Morgan fingerprint density at radius 2 is 1.95 bits per heavy atom. The Kier molecular flexibility index (Phi) is 4.57. The first-order chi connectivity index (χ1) is 9.31. The summed E-state index contributed by atoms with van der Waals surface area (Å²) in [6, 6.07) is 7.41. The highest BCUT2D eigenvalue weighted by atomic mass is 79.9. The van der Waals surface area contributed by atoms with E-state index in [9.17, 15) is 0 Å². The molecule has 0 aromatic heterocycles. The van der Waals surface area contributed by atoms with Crippen molar-refractivity contribution in [3.63, 3.8) is 0 Å². The van der Waals surface area contributed by atoms with Crippen molar-refractivity contribution >= 4 is 15.9 Å². The van der Waals surface area contributed by atoms with E-state index in [1.54, 1.807) is 0 Å². The van der Waals surface area contributed by atoms with Gasteiger partial charge < -0.3 is 10.1 Å². The molecule has 1 N–H and O–H groups in total. The summed E-state index contributed by atoms with van der Waals surface area (Å²) < 4.78 is 7.15. The fourth-order valence-corrected chi connectivity index (χ4v) is 3.17. The minimum absolute atomic E-state index is 0.489. The molecule has 0 atom stereocenters. The molecule has 0 radical (unpaired) electrons. The highest BCUT2D eigenvalue weighted by Crippen LogP contribution is 2.25. The molecule has 3 heteroatoms. The van der Waals surface area contributed by atoms with E-state index in [4.69, 9.17) is 4.74 Å². The first kappa shape index (κ1) is 13.6. The fourth-order valence-electron chi connectivity index (χ4n) is 2.63. The minimum Gasteiger partial charge on any atom is -0.374 e. The number of nitrogens with one attached hydrogen (secondary N) is 1. The lowest BCUT2D eigenvalue weighted by molar-refractivity contribution is 0.0454. The molecule has 2 aliphatic rings. The monoisotopic (exact) mass is 323 g/mol. The van der Waals surface area contributed by atoms with Gasteiger partial charge in [0, 0.05) is 17.1 Å². The quantitative estimate of drug-likeness (QED) is 0.848. The summed E-state index contributed by atoms with van der Waals surface area (Å²) in [7, 11) is 0.